The Morgan fingerprint density at radius 2 is 1.45 bits per heavy atom. The van der Waals surface area contributed by atoms with Crippen molar-refractivity contribution in [2.45, 2.75) is 106 Å². The number of aryl methyl sites for hydroxylation is 2. The zero-order valence-corrected chi connectivity index (χ0v) is 27.3. The molecule has 0 fully saturated rings. The van der Waals surface area contributed by atoms with E-state index in [0.717, 1.165) is 23.1 Å². The third kappa shape index (κ3) is 9.78. The second-order valence-corrected chi connectivity index (χ2v) is 12.9. The first kappa shape index (κ1) is 34.7. The van der Waals surface area contributed by atoms with Crippen molar-refractivity contribution in [3.05, 3.63) is 59.2 Å². The summed E-state index contributed by atoms with van der Waals surface area (Å²) in [5.74, 6) is 0.170. The quantitative estimate of drug-likeness (QED) is 0.276. The van der Waals surface area contributed by atoms with Crippen molar-refractivity contribution < 1.29 is 23.9 Å². The number of alkyl carbamates (subject to hydrolysis) is 1. The summed E-state index contributed by atoms with van der Waals surface area (Å²) in [5.41, 5.74) is 2.44. The van der Waals surface area contributed by atoms with Crippen molar-refractivity contribution >= 4 is 23.6 Å². The Hall–Kier alpha value is -3.55. The van der Waals surface area contributed by atoms with Crippen LogP contribution in [0.15, 0.2) is 42.5 Å². The van der Waals surface area contributed by atoms with E-state index in [-0.39, 0.29) is 23.8 Å². The van der Waals surface area contributed by atoms with E-state index >= 15 is 0 Å². The number of rotatable bonds is 12. The highest BCUT2D eigenvalue weighted by atomic mass is 16.6. The Kier molecular flexibility index (Phi) is 12.4. The number of hydrogen-bond acceptors (Lipinski definition) is 5. The lowest BCUT2D eigenvalue weighted by Gasteiger charge is -2.40. The van der Waals surface area contributed by atoms with Gasteiger partial charge in [-0.3, -0.25) is 9.59 Å². The summed E-state index contributed by atoms with van der Waals surface area (Å²) in [4.78, 5) is 43.5. The molecule has 2 N–H and O–H groups in total. The van der Waals surface area contributed by atoms with E-state index in [1.165, 1.54) is 0 Å². The summed E-state index contributed by atoms with van der Waals surface area (Å²) in [6, 6.07) is 10.8. The molecule has 232 valence electrons. The molecule has 0 spiro atoms. The van der Waals surface area contributed by atoms with Gasteiger partial charge in [-0.05, 0) is 107 Å². The van der Waals surface area contributed by atoms with Crippen molar-refractivity contribution in [2.24, 2.45) is 11.8 Å². The first-order valence-corrected chi connectivity index (χ1v) is 14.9. The molecule has 8 heteroatoms. The standard InChI is InChI=1S/C34H51N3O5/c1-21(2)15-16-25(7)37(32(39)29(22(3)4)36-33(40)42-34(8,9)10)30(28-23(5)13-12-14-24(28)6)31(38)35-26-17-19-27(41-11)20-18-26/h12-14,17-22,25,29-30H,15-16H2,1-11H3,(H,35,38)(H,36,40). The van der Waals surface area contributed by atoms with Gasteiger partial charge < -0.3 is 25.0 Å². The second kappa shape index (κ2) is 15.1. The van der Waals surface area contributed by atoms with E-state index in [9.17, 15) is 14.4 Å². The number of benzene rings is 2. The maximum Gasteiger partial charge on any atom is 0.408 e. The predicted octanol–water partition coefficient (Wildman–Crippen LogP) is 7.19. The molecule has 2 aromatic rings. The van der Waals surface area contributed by atoms with Crippen molar-refractivity contribution in [2.75, 3.05) is 12.4 Å². The summed E-state index contributed by atoms with van der Waals surface area (Å²) in [6.07, 6.45) is 0.893. The van der Waals surface area contributed by atoms with Gasteiger partial charge in [0.2, 0.25) is 5.91 Å². The highest BCUT2D eigenvalue weighted by Gasteiger charge is 2.41. The molecular weight excluding hydrogens is 530 g/mol. The van der Waals surface area contributed by atoms with Crippen LogP contribution >= 0.6 is 0 Å². The van der Waals surface area contributed by atoms with Crippen molar-refractivity contribution in [3.63, 3.8) is 0 Å². The lowest BCUT2D eigenvalue weighted by molar-refractivity contribution is -0.144. The van der Waals surface area contributed by atoms with Crippen LogP contribution in [0.5, 0.6) is 5.75 Å². The Balaban J connectivity index is 2.68. The zero-order chi connectivity index (χ0) is 31.8. The average molecular weight is 582 g/mol. The Morgan fingerprint density at radius 1 is 0.881 bits per heavy atom. The maximum absolute atomic E-state index is 14.6. The fourth-order valence-electron chi connectivity index (χ4n) is 4.96. The molecule has 42 heavy (non-hydrogen) atoms. The lowest BCUT2D eigenvalue weighted by Crippen LogP contribution is -2.56. The van der Waals surface area contributed by atoms with Crippen molar-refractivity contribution in [1.82, 2.24) is 10.2 Å². The number of ether oxygens (including phenoxy) is 2. The Morgan fingerprint density at radius 3 is 1.93 bits per heavy atom. The normalized spacial score (nSPS) is 13.7. The summed E-state index contributed by atoms with van der Waals surface area (Å²) in [7, 11) is 1.59. The number of methoxy groups -OCH3 is 1. The van der Waals surface area contributed by atoms with Gasteiger partial charge in [0.15, 0.2) is 0 Å². The summed E-state index contributed by atoms with van der Waals surface area (Å²) in [5, 5.41) is 5.85. The first-order valence-electron chi connectivity index (χ1n) is 14.9. The maximum atomic E-state index is 14.6. The molecule has 3 amide bonds. The summed E-state index contributed by atoms with van der Waals surface area (Å²) in [6.45, 7) is 19.3. The highest BCUT2D eigenvalue weighted by molar-refractivity contribution is 5.99. The molecule has 0 aliphatic carbocycles. The molecule has 0 heterocycles. The van der Waals surface area contributed by atoms with Crippen LogP contribution in [0, 0.1) is 25.7 Å². The van der Waals surface area contributed by atoms with Crippen LogP contribution in [-0.4, -0.2) is 47.6 Å². The third-order valence-corrected chi connectivity index (χ3v) is 7.20. The molecule has 0 aromatic heterocycles. The van der Waals surface area contributed by atoms with Crippen molar-refractivity contribution in [3.8, 4) is 5.75 Å². The molecule has 3 atom stereocenters. The van der Waals surface area contributed by atoms with Gasteiger partial charge in [-0.25, -0.2) is 4.79 Å². The minimum atomic E-state index is -0.940. The third-order valence-electron chi connectivity index (χ3n) is 7.20. The fraction of sp³-hybridized carbons (Fsp3) is 0.559. The Labute approximate surface area is 252 Å². The molecule has 8 nitrogen and oxygen atoms in total. The number of carbonyl (C=O) groups excluding carboxylic acids is 3. The van der Waals surface area contributed by atoms with E-state index in [1.54, 1.807) is 57.0 Å². The summed E-state index contributed by atoms with van der Waals surface area (Å²) < 4.78 is 10.8. The van der Waals surface area contributed by atoms with Crippen LogP contribution in [-0.2, 0) is 14.3 Å². The summed E-state index contributed by atoms with van der Waals surface area (Å²) >= 11 is 0. The molecule has 0 saturated carbocycles. The number of hydrogen-bond donors (Lipinski definition) is 2. The van der Waals surface area contributed by atoms with E-state index < -0.39 is 23.8 Å². The molecular formula is C34H51N3O5. The van der Waals surface area contributed by atoms with Crippen LogP contribution in [0.25, 0.3) is 0 Å². The molecule has 2 rings (SSSR count). The van der Waals surface area contributed by atoms with Gasteiger partial charge in [0.25, 0.3) is 5.91 Å². The average Bonchev–Trinajstić information content (AvgIpc) is 2.88. The first-order chi connectivity index (χ1) is 19.5. The fourth-order valence-corrected chi connectivity index (χ4v) is 4.96. The second-order valence-electron chi connectivity index (χ2n) is 12.9. The van der Waals surface area contributed by atoms with Crippen LogP contribution in [0.3, 0.4) is 0 Å². The smallest absolute Gasteiger partial charge is 0.408 e. The van der Waals surface area contributed by atoms with Gasteiger partial charge in [-0.1, -0.05) is 45.9 Å². The highest BCUT2D eigenvalue weighted by Crippen LogP contribution is 2.33. The molecule has 0 saturated heterocycles. The Bertz CT molecular complexity index is 1180. The predicted molar refractivity (Wildman–Crippen MR) is 169 cm³/mol. The molecule has 0 aliphatic heterocycles. The number of nitrogens with zero attached hydrogens (tertiary/aromatic N) is 1. The minimum absolute atomic E-state index is 0.256. The van der Waals surface area contributed by atoms with Gasteiger partial charge in [-0.2, -0.15) is 0 Å². The monoisotopic (exact) mass is 581 g/mol. The topological polar surface area (TPSA) is 97.0 Å². The zero-order valence-electron chi connectivity index (χ0n) is 27.3. The van der Waals surface area contributed by atoms with Crippen LogP contribution < -0.4 is 15.4 Å². The van der Waals surface area contributed by atoms with Crippen molar-refractivity contribution in [1.29, 1.82) is 0 Å². The van der Waals surface area contributed by atoms with Gasteiger partial charge in [0.1, 0.15) is 23.4 Å². The van der Waals surface area contributed by atoms with E-state index in [4.69, 9.17) is 9.47 Å². The largest absolute Gasteiger partial charge is 0.497 e. The molecule has 2 aromatic carbocycles. The number of nitrogens with one attached hydrogen (secondary N) is 2. The van der Waals surface area contributed by atoms with E-state index in [1.807, 2.05) is 52.8 Å². The molecule has 3 unspecified atom stereocenters. The van der Waals surface area contributed by atoms with Gasteiger partial charge >= 0.3 is 6.09 Å². The number of carbonyl (C=O) groups is 3. The van der Waals surface area contributed by atoms with Crippen LogP contribution in [0.2, 0.25) is 0 Å². The number of amides is 3. The number of anilines is 1. The van der Waals surface area contributed by atoms with Gasteiger partial charge in [0, 0.05) is 11.7 Å². The SMILES string of the molecule is COc1ccc(NC(=O)C(c2c(C)cccc2C)N(C(=O)C(NC(=O)OC(C)(C)C)C(C)C)C(C)CCC(C)C)cc1. The molecule has 0 aliphatic rings. The minimum Gasteiger partial charge on any atom is -0.497 e. The van der Waals surface area contributed by atoms with Gasteiger partial charge in [0.05, 0.1) is 7.11 Å². The van der Waals surface area contributed by atoms with E-state index in [2.05, 4.69) is 24.5 Å². The molecule has 0 radical (unpaired) electrons. The van der Waals surface area contributed by atoms with Gasteiger partial charge in [-0.15, -0.1) is 0 Å². The van der Waals surface area contributed by atoms with Crippen LogP contribution in [0.1, 0.15) is 91.0 Å². The molecule has 0 bridgehead atoms. The van der Waals surface area contributed by atoms with Crippen LogP contribution in [0.4, 0.5) is 10.5 Å². The lowest BCUT2D eigenvalue weighted by atomic mass is 9.90. The van der Waals surface area contributed by atoms with E-state index in [0.29, 0.717) is 23.8 Å².